The normalized spacial score (nSPS) is 12.5. The Labute approximate surface area is 339 Å². The maximum atomic E-state index is 14.5. The van der Waals surface area contributed by atoms with Crippen LogP contribution in [0.15, 0.2) is 53.9 Å². The molecular formula is C42H45N5O10S. The van der Waals surface area contributed by atoms with E-state index in [1.165, 1.54) is 30.6 Å². The van der Waals surface area contributed by atoms with Gasteiger partial charge < -0.3 is 29.0 Å². The largest absolute Gasteiger partial charge is 0.488 e. The summed E-state index contributed by atoms with van der Waals surface area (Å²) in [5.41, 5.74) is 0.481. The summed E-state index contributed by atoms with van der Waals surface area (Å²) >= 11 is 1.51. The van der Waals surface area contributed by atoms with Gasteiger partial charge >= 0.3 is 24.2 Å². The van der Waals surface area contributed by atoms with Gasteiger partial charge in [0.2, 0.25) is 5.95 Å². The van der Waals surface area contributed by atoms with Gasteiger partial charge in [0.15, 0.2) is 5.69 Å². The molecule has 3 aromatic heterocycles. The highest BCUT2D eigenvalue weighted by molar-refractivity contribution is 7.13. The van der Waals surface area contributed by atoms with Crippen molar-refractivity contribution < 1.29 is 47.7 Å². The Morgan fingerprint density at radius 1 is 0.793 bits per heavy atom. The number of esters is 1. The third-order valence-electron chi connectivity index (χ3n) is 8.27. The first kappa shape index (κ1) is 41.3. The zero-order valence-corrected chi connectivity index (χ0v) is 35.0. The number of nitrogens with zero attached hydrogens (tertiary/aromatic N) is 4. The first-order chi connectivity index (χ1) is 27.0. The molecular weight excluding hydrogens is 767 g/mol. The zero-order chi connectivity index (χ0) is 42.5. The van der Waals surface area contributed by atoms with Crippen molar-refractivity contribution in [2.75, 3.05) is 17.3 Å². The van der Waals surface area contributed by atoms with Crippen LogP contribution in [-0.2, 0) is 25.6 Å². The maximum Gasteiger partial charge on any atom is 0.427 e. The van der Waals surface area contributed by atoms with Crippen molar-refractivity contribution >= 4 is 64.2 Å². The van der Waals surface area contributed by atoms with Crippen LogP contribution in [0, 0.1) is 6.92 Å². The summed E-state index contributed by atoms with van der Waals surface area (Å²) in [4.78, 5) is 79.4. The van der Waals surface area contributed by atoms with Crippen molar-refractivity contribution in [2.24, 2.45) is 0 Å². The summed E-state index contributed by atoms with van der Waals surface area (Å²) < 4.78 is 29.0. The molecule has 0 saturated heterocycles. The average molecular weight is 812 g/mol. The molecule has 0 aliphatic carbocycles. The molecule has 0 spiro atoms. The van der Waals surface area contributed by atoms with Crippen LogP contribution in [0.2, 0.25) is 0 Å². The highest BCUT2D eigenvalue weighted by Gasteiger charge is 2.39. The van der Waals surface area contributed by atoms with Crippen LogP contribution in [0.4, 0.5) is 26.0 Å². The van der Waals surface area contributed by atoms with Crippen molar-refractivity contribution in [3.8, 4) is 27.3 Å². The van der Waals surface area contributed by atoms with Crippen molar-refractivity contribution in [1.29, 1.82) is 0 Å². The molecule has 0 radical (unpaired) electrons. The number of hydrogen-bond acceptors (Lipinski definition) is 13. The van der Waals surface area contributed by atoms with Gasteiger partial charge in [-0.1, -0.05) is 6.07 Å². The van der Waals surface area contributed by atoms with Gasteiger partial charge in [-0.15, -0.1) is 16.2 Å². The van der Waals surface area contributed by atoms with Gasteiger partial charge in [0, 0.05) is 44.1 Å². The van der Waals surface area contributed by atoms with Gasteiger partial charge in [-0.3, -0.25) is 4.79 Å². The molecule has 1 N–H and O–H groups in total. The second-order valence-corrected chi connectivity index (χ2v) is 17.4. The number of aryl methyl sites for hydroxylation is 1. The number of fused-ring (bicyclic) bond motifs is 4. The fourth-order valence-electron chi connectivity index (χ4n) is 5.98. The number of carbonyl (C=O) groups excluding carboxylic acids is 5. The Hall–Kier alpha value is -6.29. The lowest BCUT2D eigenvalue weighted by Crippen LogP contribution is -2.45. The minimum absolute atomic E-state index is 0.0128. The van der Waals surface area contributed by atoms with E-state index in [1.807, 2.05) is 11.4 Å². The highest BCUT2D eigenvalue weighted by Crippen LogP contribution is 2.45. The van der Waals surface area contributed by atoms with E-state index in [0.29, 0.717) is 39.6 Å². The quantitative estimate of drug-likeness (QED) is 0.132. The highest BCUT2D eigenvalue weighted by atomic mass is 32.1. The van der Waals surface area contributed by atoms with Crippen molar-refractivity contribution in [2.45, 2.75) is 92.6 Å². The second-order valence-electron chi connectivity index (χ2n) is 16.5. The van der Waals surface area contributed by atoms with Crippen LogP contribution in [0.3, 0.4) is 0 Å². The molecule has 0 unspecified atom stereocenters. The van der Waals surface area contributed by atoms with Crippen molar-refractivity contribution in [3.63, 3.8) is 0 Å². The molecule has 0 fully saturated rings. The number of benzene rings is 2. The molecule has 1 aliphatic rings. The minimum Gasteiger partial charge on any atom is -0.488 e. The first-order valence-electron chi connectivity index (χ1n) is 18.3. The predicted molar refractivity (Wildman–Crippen MR) is 218 cm³/mol. The van der Waals surface area contributed by atoms with Gasteiger partial charge in [-0.25, -0.2) is 33.7 Å². The summed E-state index contributed by atoms with van der Waals surface area (Å²) in [5, 5.41) is 4.86. The third-order valence-corrected chi connectivity index (χ3v) is 9.26. The molecule has 5 aromatic rings. The summed E-state index contributed by atoms with van der Waals surface area (Å²) in [7, 11) is 1.25. The Bertz CT molecular complexity index is 2450. The topological polar surface area (TPSA) is 177 Å². The molecule has 0 saturated carbocycles. The predicted octanol–water partition coefficient (Wildman–Crippen LogP) is 9.53. The number of ether oxygens (including phenoxy) is 5. The van der Waals surface area contributed by atoms with E-state index >= 15 is 0 Å². The van der Waals surface area contributed by atoms with Crippen molar-refractivity contribution in [3.05, 3.63) is 76.4 Å². The lowest BCUT2D eigenvalue weighted by molar-refractivity contribution is 0.0422. The number of rotatable bonds is 5. The minimum atomic E-state index is -1.15. The Morgan fingerprint density at radius 2 is 1.45 bits per heavy atom. The zero-order valence-electron chi connectivity index (χ0n) is 34.2. The number of imidazole rings is 1. The Kier molecular flexibility index (Phi) is 10.9. The summed E-state index contributed by atoms with van der Waals surface area (Å²) in [6.45, 7) is 16.8. The number of anilines is 2. The van der Waals surface area contributed by atoms with Crippen LogP contribution in [0.5, 0.6) is 5.75 Å². The van der Waals surface area contributed by atoms with Gasteiger partial charge in [-0.05, 0) is 117 Å². The molecule has 0 bridgehead atoms. The molecule has 6 rings (SSSR count). The molecule has 16 heteroatoms. The van der Waals surface area contributed by atoms with Gasteiger partial charge in [0.1, 0.15) is 29.2 Å². The van der Waals surface area contributed by atoms with E-state index in [4.69, 9.17) is 23.7 Å². The van der Waals surface area contributed by atoms with Crippen LogP contribution in [-0.4, -0.2) is 68.6 Å². The number of aromatic nitrogens is 3. The number of amides is 3. The number of hydrogen-bond donors (Lipinski definition) is 1. The van der Waals surface area contributed by atoms with E-state index in [-0.39, 0.29) is 28.0 Å². The summed E-state index contributed by atoms with van der Waals surface area (Å²) in [5.74, 6) is -1.20. The lowest BCUT2D eigenvalue weighted by Gasteiger charge is -2.28. The summed E-state index contributed by atoms with van der Waals surface area (Å²) in [6.07, 6.45) is -3.27. The molecule has 4 heterocycles. The molecule has 1 aliphatic heterocycles. The number of imide groups is 1. The second kappa shape index (κ2) is 15.2. The van der Waals surface area contributed by atoms with Crippen LogP contribution >= 0.6 is 11.3 Å². The van der Waals surface area contributed by atoms with Gasteiger partial charge in [0.25, 0.3) is 5.91 Å². The Balaban J connectivity index is 1.50. The summed E-state index contributed by atoms with van der Waals surface area (Å²) in [6, 6.07) is 13.3. The van der Waals surface area contributed by atoms with Crippen molar-refractivity contribution in [1.82, 2.24) is 14.5 Å². The van der Waals surface area contributed by atoms with Gasteiger partial charge in [0.05, 0.1) is 18.1 Å². The Morgan fingerprint density at radius 3 is 2.07 bits per heavy atom. The van der Waals surface area contributed by atoms with E-state index in [1.54, 1.807) is 99.6 Å². The standard InChI is InChI=1S/C42H45N5O10S/c1-22-12-14-25(32(43-22)35(49)53-11)26-20-31-28(33-23(21-54-31)16-17-58-33)19-27(26)34(48)44-24-13-15-29-30(18-24)46(37(50)55-40(2,3)4)36(45-29)47(38(51)56-41(5,6)7)39(52)57-42(8,9)10/h12-20H,21H2,1-11H3,(H,44,48). The SMILES string of the molecule is COC(=O)c1nc(C)ccc1-c1cc2c(cc1C(=O)Nc1ccc3nc(N(C(=O)OC(C)(C)C)C(=O)OC(C)(C)C)n(C(=O)OC(C)(C)C)c3c1)-c1sccc1CO2. The van der Waals surface area contributed by atoms with Crippen LogP contribution in [0.1, 0.15) is 94.4 Å². The number of methoxy groups -OCH3 is 1. The smallest absolute Gasteiger partial charge is 0.427 e. The molecule has 2 aromatic carbocycles. The number of nitrogens with one attached hydrogen (secondary N) is 1. The number of thiophene rings is 1. The lowest BCUT2D eigenvalue weighted by atomic mass is 9.93. The van der Waals surface area contributed by atoms with E-state index in [9.17, 15) is 24.0 Å². The first-order valence-corrected chi connectivity index (χ1v) is 19.2. The van der Waals surface area contributed by atoms with E-state index in [0.717, 1.165) is 15.0 Å². The number of carbonyl (C=O) groups is 5. The molecule has 304 valence electrons. The third kappa shape index (κ3) is 8.81. The molecule has 0 atom stereocenters. The van der Waals surface area contributed by atoms with Crippen LogP contribution < -0.4 is 15.0 Å². The maximum absolute atomic E-state index is 14.5. The van der Waals surface area contributed by atoms with E-state index < -0.39 is 52.9 Å². The van der Waals surface area contributed by atoms with Gasteiger partial charge in [-0.2, -0.15) is 0 Å². The fourth-order valence-corrected chi connectivity index (χ4v) is 6.92. The molecule has 3 amide bonds. The average Bonchev–Trinajstić information content (AvgIpc) is 3.73. The van der Waals surface area contributed by atoms with E-state index in [2.05, 4.69) is 15.3 Å². The fraction of sp³-hybridized carbons (Fsp3) is 0.357. The molecule has 15 nitrogen and oxygen atoms in total. The monoisotopic (exact) mass is 811 g/mol. The van der Waals surface area contributed by atoms with Crippen LogP contribution in [0.25, 0.3) is 32.6 Å². The molecule has 58 heavy (non-hydrogen) atoms. The number of pyridine rings is 1.